The summed E-state index contributed by atoms with van der Waals surface area (Å²) < 4.78 is 6.01. The van der Waals surface area contributed by atoms with E-state index in [1.54, 1.807) is 11.8 Å². The fourth-order valence-corrected chi connectivity index (χ4v) is 5.52. The van der Waals surface area contributed by atoms with Gasteiger partial charge in [0, 0.05) is 40.1 Å². The fraction of sp³-hybridized carbons (Fsp3) is 0.360. The van der Waals surface area contributed by atoms with Crippen LogP contribution in [0.15, 0.2) is 64.5 Å². The highest BCUT2D eigenvalue weighted by Gasteiger charge is 2.28. The molecule has 3 aromatic rings. The standard InChI is InChI=1S/C25H28N2OS/c1-17(2)28-24-7-3-4-8-25(24)29-20-9-10-23-21(15-20)22(16-26-23)18-11-13-27-12-5-6-19(27)14-18/h3-4,7-11,15-17,19,26H,5-6,12-14H2,1-2H3. The Labute approximate surface area is 177 Å². The van der Waals surface area contributed by atoms with Crippen LogP contribution in [-0.4, -0.2) is 35.1 Å². The van der Waals surface area contributed by atoms with Gasteiger partial charge < -0.3 is 9.72 Å². The lowest BCUT2D eigenvalue weighted by molar-refractivity contribution is 0.236. The maximum Gasteiger partial charge on any atom is 0.133 e. The minimum absolute atomic E-state index is 0.170. The van der Waals surface area contributed by atoms with Crippen LogP contribution in [-0.2, 0) is 0 Å². The number of hydrogen-bond acceptors (Lipinski definition) is 3. The Morgan fingerprint density at radius 1 is 1.17 bits per heavy atom. The van der Waals surface area contributed by atoms with Crippen LogP contribution in [0.1, 0.15) is 38.7 Å². The number of nitrogens with zero attached hydrogens (tertiary/aromatic N) is 1. The molecule has 3 heterocycles. The number of rotatable bonds is 5. The smallest absolute Gasteiger partial charge is 0.133 e. The SMILES string of the molecule is CC(C)Oc1ccccc1Sc1ccc2[nH]cc(C3=CCN4CCCC4C3)c2c1. The molecule has 1 aromatic heterocycles. The molecule has 0 saturated carbocycles. The molecule has 2 aliphatic rings. The number of hydrogen-bond donors (Lipinski definition) is 1. The van der Waals surface area contributed by atoms with Crippen LogP contribution in [0, 0.1) is 0 Å². The van der Waals surface area contributed by atoms with Gasteiger partial charge in [0.05, 0.1) is 11.0 Å². The van der Waals surface area contributed by atoms with Crippen LogP contribution >= 0.6 is 11.8 Å². The first-order valence-electron chi connectivity index (χ1n) is 10.7. The molecule has 1 saturated heterocycles. The highest BCUT2D eigenvalue weighted by atomic mass is 32.2. The van der Waals surface area contributed by atoms with Gasteiger partial charge in [0.15, 0.2) is 0 Å². The second-order valence-electron chi connectivity index (χ2n) is 8.35. The highest BCUT2D eigenvalue weighted by molar-refractivity contribution is 7.99. The first-order chi connectivity index (χ1) is 14.2. The number of para-hydroxylation sites is 1. The molecule has 0 amide bonds. The van der Waals surface area contributed by atoms with E-state index in [1.165, 1.54) is 52.7 Å². The maximum absolute atomic E-state index is 6.01. The lowest BCUT2D eigenvalue weighted by Crippen LogP contribution is -2.32. The molecule has 0 radical (unpaired) electrons. The van der Waals surface area contributed by atoms with Gasteiger partial charge in [0.25, 0.3) is 0 Å². The number of aromatic amines is 1. The third kappa shape index (κ3) is 3.84. The van der Waals surface area contributed by atoms with Gasteiger partial charge in [-0.3, -0.25) is 4.90 Å². The molecule has 0 aliphatic carbocycles. The van der Waals surface area contributed by atoms with E-state index in [-0.39, 0.29) is 6.10 Å². The largest absolute Gasteiger partial charge is 0.490 e. The van der Waals surface area contributed by atoms with Crippen molar-refractivity contribution in [2.75, 3.05) is 13.1 Å². The summed E-state index contributed by atoms with van der Waals surface area (Å²) in [6.45, 7) is 6.51. The van der Waals surface area contributed by atoms with E-state index in [0.717, 1.165) is 23.2 Å². The van der Waals surface area contributed by atoms with E-state index in [4.69, 9.17) is 4.74 Å². The van der Waals surface area contributed by atoms with Gasteiger partial charge >= 0.3 is 0 Å². The van der Waals surface area contributed by atoms with Crippen molar-refractivity contribution in [1.82, 2.24) is 9.88 Å². The maximum atomic E-state index is 6.01. The van der Waals surface area contributed by atoms with Crippen molar-refractivity contribution in [2.45, 2.75) is 55.0 Å². The molecule has 1 N–H and O–H groups in total. The lowest BCUT2D eigenvalue weighted by Gasteiger charge is -2.29. The molecular weight excluding hydrogens is 376 g/mol. The van der Waals surface area contributed by atoms with Gasteiger partial charge in [-0.25, -0.2) is 0 Å². The minimum atomic E-state index is 0.170. The molecule has 2 aliphatic heterocycles. The number of ether oxygens (including phenoxy) is 1. The van der Waals surface area contributed by atoms with E-state index in [0.29, 0.717) is 0 Å². The third-order valence-corrected chi connectivity index (χ3v) is 7.01. The molecule has 0 bridgehead atoms. The summed E-state index contributed by atoms with van der Waals surface area (Å²) in [7, 11) is 0. The van der Waals surface area contributed by atoms with Crippen molar-refractivity contribution < 1.29 is 4.74 Å². The van der Waals surface area contributed by atoms with Crippen LogP contribution in [0.2, 0.25) is 0 Å². The summed E-state index contributed by atoms with van der Waals surface area (Å²) in [5.41, 5.74) is 4.09. The summed E-state index contributed by atoms with van der Waals surface area (Å²) in [5, 5.41) is 1.33. The summed E-state index contributed by atoms with van der Waals surface area (Å²) in [5.74, 6) is 0.957. The van der Waals surface area contributed by atoms with Crippen LogP contribution in [0.4, 0.5) is 0 Å². The third-order valence-electron chi connectivity index (χ3n) is 5.97. The summed E-state index contributed by atoms with van der Waals surface area (Å²) >= 11 is 1.78. The lowest BCUT2D eigenvalue weighted by atomic mass is 9.94. The van der Waals surface area contributed by atoms with E-state index in [9.17, 15) is 0 Å². The molecular formula is C25H28N2OS. The average molecular weight is 405 g/mol. The van der Waals surface area contributed by atoms with E-state index >= 15 is 0 Å². The van der Waals surface area contributed by atoms with Crippen LogP contribution in [0.25, 0.3) is 16.5 Å². The molecule has 1 fully saturated rings. The van der Waals surface area contributed by atoms with Gasteiger partial charge in [-0.05, 0) is 75.6 Å². The zero-order chi connectivity index (χ0) is 19.8. The second kappa shape index (κ2) is 7.92. The quantitative estimate of drug-likeness (QED) is 0.536. The van der Waals surface area contributed by atoms with Crippen molar-refractivity contribution in [3.63, 3.8) is 0 Å². The van der Waals surface area contributed by atoms with Gasteiger partial charge in [-0.1, -0.05) is 30.0 Å². The Morgan fingerprint density at radius 3 is 2.97 bits per heavy atom. The zero-order valence-corrected chi connectivity index (χ0v) is 18.0. The van der Waals surface area contributed by atoms with Crippen molar-refractivity contribution >= 4 is 28.2 Å². The van der Waals surface area contributed by atoms with Crippen molar-refractivity contribution in [1.29, 1.82) is 0 Å². The molecule has 5 rings (SSSR count). The first-order valence-corrected chi connectivity index (χ1v) is 11.5. The number of nitrogens with one attached hydrogen (secondary N) is 1. The van der Waals surface area contributed by atoms with Crippen molar-refractivity contribution in [2.24, 2.45) is 0 Å². The molecule has 29 heavy (non-hydrogen) atoms. The minimum Gasteiger partial charge on any atom is -0.490 e. The van der Waals surface area contributed by atoms with Crippen LogP contribution in [0.5, 0.6) is 5.75 Å². The van der Waals surface area contributed by atoms with E-state index in [1.807, 2.05) is 6.07 Å². The summed E-state index contributed by atoms with van der Waals surface area (Å²) in [6.07, 6.45) is 8.67. The summed E-state index contributed by atoms with van der Waals surface area (Å²) in [4.78, 5) is 8.53. The van der Waals surface area contributed by atoms with Gasteiger partial charge in [-0.15, -0.1) is 0 Å². The molecule has 1 atom stereocenters. The van der Waals surface area contributed by atoms with Crippen LogP contribution < -0.4 is 4.74 Å². The predicted molar refractivity (Wildman–Crippen MR) is 122 cm³/mol. The number of H-pyrrole nitrogens is 1. The summed E-state index contributed by atoms with van der Waals surface area (Å²) in [6, 6.07) is 15.8. The monoisotopic (exact) mass is 404 g/mol. The average Bonchev–Trinajstić information content (AvgIpc) is 3.35. The Kier molecular flexibility index (Phi) is 5.15. The fourth-order valence-electron chi connectivity index (χ4n) is 4.59. The number of benzene rings is 2. The van der Waals surface area contributed by atoms with Crippen molar-refractivity contribution in [3.05, 3.63) is 60.3 Å². The Bertz CT molecular complexity index is 1050. The molecule has 4 heteroatoms. The topological polar surface area (TPSA) is 28.3 Å². The molecule has 1 unspecified atom stereocenters. The zero-order valence-electron chi connectivity index (χ0n) is 17.2. The highest BCUT2D eigenvalue weighted by Crippen LogP contribution is 2.39. The molecule has 0 spiro atoms. The number of aromatic nitrogens is 1. The Morgan fingerprint density at radius 2 is 2.07 bits per heavy atom. The molecule has 2 aromatic carbocycles. The number of fused-ring (bicyclic) bond motifs is 2. The second-order valence-corrected chi connectivity index (χ2v) is 9.46. The molecule has 150 valence electrons. The van der Waals surface area contributed by atoms with Gasteiger partial charge in [0.2, 0.25) is 0 Å². The van der Waals surface area contributed by atoms with Crippen molar-refractivity contribution in [3.8, 4) is 5.75 Å². The first kappa shape index (κ1) is 18.8. The van der Waals surface area contributed by atoms with Gasteiger partial charge in [-0.2, -0.15) is 0 Å². The van der Waals surface area contributed by atoms with Crippen LogP contribution in [0.3, 0.4) is 0 Å². The predicted octanol–water partition coefficient (Wildman–Crippen LogP) is 6.36. The van der Waals surface area contributed by atoms with E-state index in [2.05, 4.69) is 72.4 Å². The van der Waals surface area contributed by atoms with E-state index < -0.39 is 0 Å². The normalized spacial score (nSPS) is 19.6. The molecule has 3 nitrogen and oxygen atoms in total. The Balaban J connectivity index is 1.45. The Hall–Kier alpha value is -2.17. The van der Waals surface area contributed by atoms with Gasteiger partial charge in [0.1, 0.15) is 5.75 Å².